The number of benzene rings is 2. The van der Waals surface area contributed by atoms with Gasteiger partial charge in [0.15, 0.2) is 0 Å². The summed E-state index contributed by atoms with van der Waals surface area (Å²) in [7, 11) is 0. The standard InChI is InChI=1S/C21H24N2O3/c1-3-12-23(15(2)20(24)22-18-7-5-4-6-8-18)21(25)17-9-10-19-16(14-17)11-13-26-19/h4-10,14-15H,3,11-13H2,1-2H3,(H,22,24). The summed E-state index contributed by atoms with van der Waals surface area (Å²) >= 11 is 0. The highest BCUT2D eigenvalue weighted by Gasteiger charge is 2.27. The van der Waals surface area contributed by atoms with Gasteiger partial charge in [0.1, 0.15) is 11.8 Å². The van der Waals surface area contributed by atoms with Crippen LogP contribution < -0.4 is 10.1 Å². The molecule has 1 aliphatic rings. The Kier molecular flexibility index (Phi) is 5.56. The molecule has 5 heteroatoms. The molecule has 0 bridgehead atoms. The van der Waals surface area contributed by atoms with E-state index in [0.717, 1.165) is 29.8 Å². The molecule has 2 amide bonds. The topological polar surface area (TPSA) is 58.6 Å². The molecule has 1 aliphatic heterocycles. The Balaban J connectivity index is 1.76. The number of hydrogen-bond acceptors (Lipinski definition) is 3. The van der Waals surface area contributed by atoms with Gasteiger partial charge in [-0.15, -0.1) is 0 Å². The van der Waals surface area contributed by atoms with E-state index in [2.05, 4.69) is 5.32 Å². The second-order valence-corrected chi connectivity index (χ2v) is 6.45. The molecule has 26 heavy (non-hydrogen) atoms. The highest BCUT2D eigenvalue weighted by molar-refractivity contribution is 6.01. The van der Waals surface area contributed by atoms with Crippen molar-refractivity contribution >= 4 is 17.5 Å². The van der Waals surface area contributed by atoms with E-state index in [1.807, 2.05) is 49.4 Å². The van der Waals surface area contributed by atoms with Crippen molar-refractivity contribution in [3.63, 3.8) is 0 Å². The maximum absolute atomic E-state index is 13.0. The number of carbonyl (C=O) groups is 2. The SMILES string of the molecule is CCCN(C(=O)c1ccc2c(c1)CCO2)C(C)C(=O)Nc1ccccc1. The molecular formula is C21H24N2O3. The average molecular weight is 352 g/mol. The summed E-state index contributed by atoms with van der Waals surface area (Å²) in [5, 5.41) is 2.88. The van der Waals surface area contributed by atoms with Gasteiger partial charge in [0.25, 0.3) is 5.91 Å². The molecule has 1 unspecified atom stereocenters. The first kappa shape index (κ1) is 18.0. The number of fused-ring (bicyclic) bond motifs is 1. The van der Waals surface area contributed by atoms with Gasteiger partial charge in [0, 0.05) is 24.2 Å². The third kappa shape index (κ3) is 3.87. The van der Waals surface area contributed by atoms with Crippen LogP contribution in [0, 0.1) is 0 Å². The van der Waals surface area contributed by atoms with Crippen molar-refractivity contribution in [3.05, 3.63) is 59.7 Å². The highest BCUT2D eigenvalue weighted by atomic mass is 16.5. The van der Waals surface area contributed by atoms with Gasteiger partial charge < -0.3 is 15.0 Å². The minimum absolute atomic E-state index is 0.128. The molecule has 0 aromatic heterocycles. The fourth-order valence-corrected chi connectivity index (χ4v) is 3.11. The zero-order chi connectivity index (χ0) is 18.5. The fourth-order valence-electron chi connectivity index (χ4n) is 3.11. The number of amides is 2. The third-order valence-corrected chi connectivity index (χ3v) is 4.55. The predicted molar refractivity (Wildman–Crippen MR) is 102 cm³/mol. The van der Waals surface area contributed by atoms with Crippen LogP contribution in [-0.4, -0.2) is 35.9 Å². The molecule has 1 N–H and O–H groups in total. The van der Waals surface area contributed by atoms with Gasteiger partial charge in [-0.1, -0.05) is 25.1 Å². The number of carbonyl (C=O) groups excluding carboxylic acids is 2. The molecule has 0 saturated carbocycles. The molecule has 136 valence electrons. The van der Waals surface area contributed by atoms with Crippen LogP contribution >= 0.6 is 0 Å². The lowest BCUT2D eigenvalue weighted by Crippen LogP contribution is -2.46. The number of para-hydroxylation sites is 1. The molecule has 2 aromatic carbocycles. The second-order valence-electron chi connectivity index (χ2n) is 6.45. The van der Waals surface area contributed by atoms with Gasteiger partial charge >= 0.3 is 0 Å². The van der Waals surface area contributed by atoms with Crippen LogP contribution in [0.5, 0.6) is 5.75 Å². The van der Waals surface area contributed by atoms with Gasteiger partial charge in [-0.05, 0) is 49.2 Å². The van der Waals surface area contributed by atoms with Crippen LogP contribution in [0.1, 0.15) is 36.2 Å². The van der Waals surface area contributed by atoms with Gasteiger partial charge in [-0.3, -0.25) is 9.59 Å². The van der Waals surface area contributed by atoms with Crippen LogP contribution in [0.15, 0.2) is 48.5 Å². The van der Waals surface area contributed by atoms with Crippen molar-refractivity contribution in [2.45, 2.75) is 32.7 Å². The normalized spacial score (nSPS) is 13.5. The monoisotopic (exact) mass is 352 g/mol. The van der Waals surface area contributed by atoms with E-state index in [1.54, 1.807) is 17.9 Å². The van der Waals surface area contributed by atoms with E-state index in [-0.39, 0.29) is 11.8 Å². The van der Waals surface area contributed by atoms with E-state index >= 15 is 0 Å². The zero-order valence-corrected chi connectivity index (χ0v) is 15.2. The van der Waals surface area contributed by atoms with Crippen molar-refractivity contribution in [3.8, 4) is 5.75 Å². The number of hydrogen-bond donors (Lipinski definition) is 1. The number of ether oxygens (including phenoxy) is 1. The first-order chi connectivity index (χ1) is 12.6. The lowest BCUT2D eigenvalue weighted by molar-refractivity contribution is -0.120. The van der Waals surface area contributed by atoms with E-state index in [0.29, 0.717) is 18.7 Å². The molecule has 1 heterocycles. The molecule has 0 aliphatic carbocycles. The smallest absolute Gasteiger partial charge is 0.254 e. The number of nitrogens with zero attached hydrogens (tertiary/aromatic N) is 1. The van der Waals surface area contributed by atoms with Gasteiger partial charge in [0.2, 0.25) is 5.91 Å². The highest BCUT2D eigenvalue weighted by Crippen LogP contribution is 2.26. The van der Waals surface area contributed by atoms with Crippen LogP contribution in [0.25, 0.3) is 0 Å². The zero-order valence-electron chi connectivity index (χ0n) is 15.2. The molecule has 0 saturated heterocycles. The number of anilines is 1. The van der Waals surface area contributed by atoms with Gasteiger partial charge in [-0.2, -0.15) is 0 Å². The first-order valence-electron chi connectivity index (χ1n) is 9.02. The first-order valence-corrected chi connectivity index (χ1v) is 9.02. The third-order valence-electron chi connectivity index (χ3n) is 4.55. The quantitative estimate of drug-likeness (QED) is 0.866. The Morgan fingerprint density at radius 1 is 1.19 bits per heavy atom. The maximum atomic E-state index is 13.0. The molecule has 3 rings (SSSR count). The van der Waals surface area contributed by atoms with E-state index in [1.165, 1.54) is 0 Å². The van der Waals surface area contributed by atoms with E-state index < -0.39 is 6.04 Å². The van der Waals surface area contributed by atoms with Crippen molar-refractivity contribution in [2.24, 2.45) is 0 Å². The summed E-state index contributed by atoms with van der Waals surface area (Å²) in [5.41, 5.74) is 2.37. The Hall–Kier alpha value is -2.82. The summed E-state index contributed by atoms with van der Waals surface area (Å²) in [5.74, 6) is 0.526. The van der Waals surface area contributed by atoms with Crippen molar-refractivity contribution in [2.75, 3.05) is 18.5 Å². The molecule has 0 radical (unpaired) electrons. The summed E-state index contributed by atoms with van der Waals surface area (Å²) in [6.07, 6.45) is 1.59. The van der Waals surface area contributed by atoms with Gasteiger partial charge in [-0.25, -0.2) is 0 Å². The van der Waals surface area contributed by atoms with E-state index in [4.69, 9.17) is 4.74 Å². The molecule has 0 fully saturated rings. The Morgan fingerprint density at radius 2 is 1.96 bits per heavy atom. The summed E-state index contributed by atoms with van der Waals surface area (Å²) in [4.78, 5) is 27.3. The maximum Gasteiger partial charge on any atom is 0.254 e. The molecular weight excluding hydrogens is 328 g/mol. The molecule has 0 spiro atoms. The minimum Gasteiger partial charge on any atom is -0.493 e. The van der Waals surface area contributed by atoms with Crippen molar-refractivity contribution < 1.29 is 14.3 Å². The van der Waals surface area contributed by atoms with Crippen LogP contribution in [-0.2, 0) is 11.2 Å². The van der Waals surface area contributed by atoms with E-state index in [9.17, 15) is 9.59 Å². The van der Waals surface area contributed by atoms with Crippen molar-refractivity contribution in [1.82, 2.24) is 4.90 Å². The average Bonchev–Trinajstić information content (AvgIpc) is 3.13. The second kappa shape index (κ2) is 8.04. The number of rotatable bonds is 6. The Labute approximate surface area is 154 Å². The lowest BCUT2D eigenvalue weighted by Gasteiger charge is -2.28. The molecule has 1 atom stereocenters. The molecule has 5 nitrogen and oxygen atoms in total. The van der Waals surface area contributed by atoms with Crippen LogP contribution in [0.3, 0.4) is 0 Å². The summed E-state index contributed by atoms with van der Waals surface area (Å²) in [6, 6.07) is 14.2. The Bertz CT molecular complexity index is 789. The van der Waals surface area contributed by atoms with Crippen LogP contribution in [0.4, 0.5) is 5.69 Å². The lowest BCUT2D eigenvalue weighted by atomic mass is 10.1. The molecule has 2 aromatic rings. The predicted octanol–water partition coefficient (Wildman–Crippen LogP) is 3.50. The summed E-state index contributed by atoms with van der Waals surface area (Å²) in [6.45, 7) is 4.94. The van der Waals surface area contributed by atoms with Crippen LogP contribution in [0.2, 0.25) is 0 Å². The largest absolute Gasteiger partial charge is 0.493 e. The van der Waals surface area contributed by atoms with Crippen molar-refractivity contribution in [1.29, 1.82) is 0 Å². The number of nitrogens with one attached hydrogen (secondary N) is 1. The summed E-state index contributed by atoms with van der Waals surface area (Å²) < 4.78 is 5.50. The Morgan fingerprint density at radius 3 is 2.69 bits per heavy atom. The minimum atomic E-state index is -0.563. The fraction of sp³-hybridized carbons (Fsp3) is 0.333. The van der Waals surface area contributed by atoms with Gasteiger partial charge in [0.05, 0.1) is 6.61 Å².